The summed E-state index contributed by atoms with van der Waals surface area (Å²) in [5.74, 6) is -0.340. The van der Waals surface area contributed by atoms with Crippen molar-refractivity contribution < 1.29 is 13.2 Å². The van der Waals surface area contributed by atoms with Crippen molar-refractivity contribution in [1.82, 2.24) is 9.62 Å². The summed E-state index contributed by atoms with van der Waals surface area (Å²) in [7, 11) is -3.61. The van der Waals surface area contributed by atoms with Gasteiger partial charge in [0, 0.05) is 19.6 Å². The molecule has 24 heavy (non-hydrogen) atoms. The van der Waals surface area contributed by atoms with Crippen molar-refractivity contribution in [2.75, 3.05) is 19.6 Å². The zero-order valence-corrected chi connectivity index (χ0v) is 16.2. The van der Waals surface area contributed by atoms with Crippen LogP contribution in [0.25, 0.3) is 0 Å². The van der Waals surface area contributed by atoms with E-state index in [9.17, 15) is 13.2 Å². The van der Waals surface area contributed by atoms with Gasteiger partial charge < -0.3 is 5.32 Å². The number of hydrogen-bond donors (Lipinski definition) is 1. The van der Waals surface area contributed by atoms with Gasteiger partial charge in [-0.1, -0.05) is 51.6 Å². The third-order valence-corrected chi connectivity index (χ3v) is 6.22. The summed E-state index contributed by atoms with van der Waals surface area (Å²) in [6, 6.07) is 4.26. The van der Waals surface area contributed by atoms with Crippen LogP contribution in [0.15, 0.2) is 23.1 Å². The van der Waals surface area contributed by atoms with Crippen LogP contribution in [0.1, 0.15) is 56.8 Å². The number of amides is 1. The SMILES string of the molecule is CCCCCCNC(=O)c1cc(S(=O)(=O)N(CC)CC)ccc1Cl. The highest BCUT2D eigenvalue weighted by molar-refractivity contribution is 7.89. The molecule has 0 aromatic heterocycles. The van der Waals surface area contributed by atoms with Gasteiger partial charge in [0.2, 0.25) is 10.0 Å². The molecule has 0 radical (unpaired) electrons. The number of nitrogens with one attached hydrogen (secondary N) is 1. The van der Waals surface area contributed by atoms with E-state index in [0.717, 1.165) is 25.7 Å². The number of benzene rings is 1. The highest BCUT2D eigenvalue weighted by atomic mass is 35.5. The lowest BCUT2D eigenvalue weighted by Crippen LogP contribution is -2.31. The number of sulfonamides is 1. The Morgan fingerprint density at radius 3 is 2.38 bits per heavy atom. The molecule has 0 atom stereocenters. The van der Waals surface area contributed by atoms with Crippen LogP contribution >= 0.6 is 11.6 Å². The number of nitrogens with zero attached hydrogens (tertiary/aromatic N) is 1. The van der Waals surface area contributed by atoms with Crippen molar-refractivity contribution in [3.05, 3.63) is 28.8 Å². The summed E-state index contributed by atoms with van der Waals surface area (Å²) < 4.78 is 26.5. The van der Waals surface area contributed by atoms with Crippen LogP contribution in [-0.2, 0) is 10.0 Å². The van der Waals surface area contributed by atoms with E-state index >= 15 is 0 Å². The first kappa shape index (κ1) is 20.9. The summed E-state index contributed by atoms with van der Waals surface area (Å²) in [6.45, 7) is 6.99. The molecule has 1 amide bonds. The van der Waals surface area contributed by atoms with E-state index in [4.69, 9.17) is 11.6 Å². The van der Waals surface area contributed by atoms with Gasteiger partial charge in [-0.25, -0.2) is 8.42 Å². The first-order chi connectivity index (χ1) is 11.4. The zero-order valence-electron chi connectivity index (χ0n) is 14.6. The van der Waals surface area contributed by atoms with E-state index in [1.807, 2.05) is 0 Å². The second-order valence-electron chi connectivity index (χ2n) is 5.55. The molecule has 0 bridgehead atoms. The van der Waals surface area contributed by atoms with Crippen molar-refractivity contribution in [2.45, 2.75) is 51.3 Å². The van der Waals surface area contributed by atoms with Gasteiger partial charge in [0.15, 0.2) is 0 Å². The van der Waals surface area contributed by atoms with Crippen LogP contribution in [0, 0.1) is 0 Å². The first-order valence-electron chi connectivity index (χ1n) is 8.46. The van der Waals surface area contributed by atoms with E-state index in [1.165, 1.54) is 22.5 Å². The Hall–Kier alpha value is -1.11. The number of halogens is 1. The van der Waals surface area contributed by atoms with E-state index < -0.39 is 10.0 Å². The fraction of sp³-hybridized carbons (Fsp3) is 0.588. The molecule has 0 aliphatic heterocycles. The van der Waals surface area contributed by atoms with Gasteiger partial charge in [0.25, 0.3) is 5.91 Å². The lowest BCUT2D eigenvalue weighted by molar-refractivity contribution is 0.0953. The number of hydrogen-bond acceptors (Lipinski definition) is 3. The average Bonchev–Trinajstić information content (AvgIpc) is 2.55. The monoisotopic (exact) mass is 374 g/mol. The third kappa shape index (κ3) is 5.46. The maximum atomic E-state index is 12.6. The Labute approximate surface area is 150 Å². The fourth-order valence-corrected chi connectivity index (χ4v) is 4.09. The molecule has 0 saturated heterocycles. The molecule has 5 nitrogen and oxygen atoms in total. The van der Waals surface area contributed by atoms with Gasteiger partial charge >= 0.3 is 0 Å². The second-order valence-corrected chi connectivity index (χ2v) is 7.89. The topological polar surface area (TPSA) is 66.5 Å². The highest BCUT2D eigenvalue weighted by Crippen LogP contribution is 2.23. The normalized spacial score (nSPS) is 11.7. The number of unbranched alkanes of at least 4 members (excludes halogenated alkanes) is 3. The van der Waals surface area contributed by atoms with Gasteiger partial charge in [-0.05, 0) is 24.6 Å². The van der Waals surface area contributed by atoms with E-state index in [1.54, 1.807) is 13.8 Å². The standard InChI is InChI=1S/C17H27ClN2O3S/c1-4-7-8-9-12-19-17(21)15-13-14(10-11-16(15)18)24(22,23)20(5-2)6-3/h10-11,13H,4-9,12H2,1-3H3,(H,19,21). The van der Waals surface area contributed by atoms with Gasteiger partial charge in [-0.15, -0.1) is 0 Å². The molecular weight excluding hydrogens is 348 g/mol. The average molecular weight is 375 g/mol. The minimum absolute atomic E-state index is 0.0896. The fourth-order valence-electron chi connectivity index (χ4n) is 2.40. The highest BCUT2D eigenvalue weighted by Gasteiger charge is 2.23. The van der Waals surface area contributed by atoms with Crippen LogP contribution in [0.3, 0.4) is 0 Å². The molecule has 1 rings (SSSR count). The summed E-state index contributed by atoms with van der Waals surface area (Å²) >= 11 is 6.08. The molecule has 1 N–H and O–H groups in total. The minimum atomic E-state index is -3.61. The summed E-state index contributed by atoms with van der Waals surface area (Å²) in [4.78, 5) is 12.4. The summed E-state index contributed by atoms with van der Waals surface area (Å²) in [5.41, 5.74) is 0.195. The van der Waals surface area contributed by atoms with Crippen LogP contribution < -0.4 is 5.32 Å². The quantitative estimate of drug-likeness (QED) is 0.635. The Morgan fingerprint density at radius 1 is 1.12 bits per heavy atom. The summed E-state index contributed by atoms with van der Waals surface area (Å²) in [6.07, 6.45) is 4.22. The van der Waals surface area contributed by atoms with Crippen molar-refractivity contribution in [3.63, 3.8) is 0 Å². The predicted molar refractivity (Wildman–Crippen MR) is 98.0 cm³/mol. The molecule has 0 spiro atoms. The lowest BCUT2D eigenvalue weighted by atomic mass is 10.2. The van der Waals surface area contributed by atoms with Crippen molar-refractivity contribution in [3.8, 4) is 0 Å². The van der Waals surface area contributed by atoms with Crippen molar-refractivity contribution >= 4 is 27.5 Å². The van der Waals surface area contributed by atoms with E-state index in [-0.39, 0.29) is 21.4 Å². The minimum Gasteiger partial charge on any atom is -0.352 e. The van der Waals surface area contributed by atoms with Gasteiger partial charge in [-0.2, -0.15) is 4.31 Å². The third-order valence-electron chi connectivity index (χ3n) is 3.84. The Balaban J connectivity index is 2.92. The molecular formula is C17H27ClN2O3S. The maximum Gasteiger partial charge on any atom is 0.252 e. The number of rotatable bonds is 10. The van der Waals surface area contributed by atoms with Crippen molar-refractivity contribution in [1.29, 1.82) is 0 Å². The molecule has 0 heterocycles. The van der Waals surface area contributed by atoms with E-state index in [0.29, 0.717) is 19.6 Å². The predicted octanol–water partition coefficient (Wildman–Crippen LogP) is 3.68. The second kappa shape index (κ2) is 10.0. The largest absolute Gasteiger partial charge is 0.352 e. The Kier molecular flexibility index (Phi) is 8.73. The molecule has 0 aliphatic rings. The molecule has 136 valence electrons. The molecule has 7 heteroatoms. The maximum absolute atomic E-state index is 12.6. The molecule has 0 unspecified atom stereocenters. The van der Waals surface area contributed by atoms with Gasteiger partial charge in [-0.3, -0.25) is 4.79 Å². The van der Waals surface area contributed by atoms with Crippen molar-refractivity contribution in [2.24, 2.45) is 0 Å². The van der Waals surface area contributed by atoms with Crippen LogP contribution in [0.2, 0.25) is 5.02 Å². The Morgan fingerprint density at radius 2 is 1.79 bits per heavy atom. The summed E-state index contributed by atoms with van der Waals surface area (Å²) in [5, 5.41) is 3.05. The molecule has 0 fully saturated rings. The Bertz CT molecular complexity index is 643. The lowest BCUT2D eigenvalue weighted by Gasteiger charge is -2.19. The molecule has 0 saturated carbocycles. The zero-order chi connectivity index (χ0) is 18.2. The molecule has 0 aliphatic carbocycles. The first-order valence-corrected chi connectivity index (χ1v) is 10.3. The van der Waals surface area contributed by atoms with E-state index in [2.05, 4.69) is 12.2 Å². The smallest absolute Gasteiger partial charge is 0.252 e. The number of carbonyl (C=O) groups excluding carboxylic acids is 1. The molecule has 1 aromatic rings. The van der Waals surface area contributed by atoms with Gasteiger partial charge in [0.1, 0.15) is 0 Å². The van der Waals surface area contributed by atoms with Crippen LogP contribution in [-0.4, -0.2) is 38.3 Å². The molecule has 1 aromatic carbocycles. The van der Waals surface area contributed by atoms with Gasteiger partial charge in [0.05, 0.1) is 15.5 Å². The van der Waals surface area contributed by atoms with Crippen LogP contribution in [0.4, 0.5) is 0 Å². The number of carbonyl (C=O) groups is 1. The van der Waals surface area contributed by atoms with Crippen LogP contribution in [0.5, 0.6) is 0 Å².